The van der Waals surface area contributed by atoms with Gasteiger partial charge in [0.1, 0.15) is 18.3 Å². The van der Waals surface area contributed by atoms with Crippen molar-refractivity contribution in [1.82, 2.24) is 0 Å². The summed E-state index contributed by atoms with van der Waals surface area (Å²) in [5.41, 5.74) is 1.11. The predicted molar refractivity (Wildman–Crippen MR) is 194 cm³/mol. The lowest BCUT2D eigenvalue weighted by molar-refractivity contribution is -0.373. The van der Waals surface area contributed by atoms with Gasteiger partial charge < -0.3 is 47.7 Å². The molecule has 4 heterocycles. The van der Waals surface area contributed by atoms with Gasteiger partial charge in [0, 0.05) is 24.7 Å². The van der Waals surface area contributed by atoms with Crippen molar-refractivity contribution in [2.45, 2.75) is 170 Å². The minimum atomic E-state index is -1.11. The van der Waals surface area contributed by atoms with Crippen LogP contribution in [0.5, 0.6) is 0 Å². The van der Waals surface area contributed by atoms with E-state index < -0.39 is 55.4 Å². The van der Waals surface area contributed by atoms with Crippen LogP contribution in [0.25, 0.3) is 0 Å². The first-order chi connectivity index (χ1) is 24.6. The number of ether oxygens (including phenoxy) is 9. The van der Waals surface area contributed by atoms with Crippen LogP contribution in [0.3, 0.4) is 0 Å². The fraction of sp³-hybridized carbons (Fsp3) is 0.829. The van der Waals surface area contributed by atoms with Gasteiger partial charge in [0.2, 0.25) is 0 Å². The van der Waals surface area contributed by atoms with Crippen LogP contribution in [0.4, 0.5) is 0 Å². The van der Waals surface area contributed by atoms with Crippen molar-refractivity contribution < 1.29 is 52.5 Å². The van der Waals surface area contributed by atoms with Crippen LogP contribution in [0, 0.1) is 41.4 Å². The van der Waals surface area contributed by atoms with Crippen LogP contribution in [0.1, 0.15) is 88.6 Å². The molecule has 1 N–H and O–H groups in total. The third kappa shape index (κ3) is 9.23. The van der Waals surface area contributed by atoms with E-state index in [0.717, 1.165) is 5.56 Å². The SMILES string of the molecule is CC(=O)OC1[C@H](C)OC(C)[C@H](C)[C@@H]1O[C@@H]1OC(C)[C@H](C)[C@H](C)C1O[C@@H]1OC(C)[C@H](C)[C@H](O[C@H]2O[C@@H](COCc3ccccc3)[C@@H](C)C(C)C2C)C1O. The first kappa shape index (κ1) is 41.5. The molecule has 11 nitrogen and oxygen atoms in total. The molecule has 0 aliphatic carbocycles. The van der Waals surface area contributed by atoms with Gasteiger partial charge in [0.25, 0.3) is 0 Å². The molecule has 4 aliphatic heterocycles. The molecular formula is C41H66O11. The number of aliphatic hydroxyl groups is 1. The maximum atomic E-state index is 12.1. The van der Waals surface area contributed by atoms with E-state index in [1.165, 1.54) is 6.92 Å². The van der Waals surface area contributed by atoms with E-state index in [4.69, 9.17) is 42.6 Å². The Morgan fingerprint density at radius 1 is 0.577 bits per heavy atom. The second-order valence-corrected chi connectivity index (χ2v) is 16.4. The Labute approximate surface area is 311 Å². The number of carbonyl (C=O) groups excluding carboxylic acids is 1. The highest BCUT2D eigenvalue weighted by Gasteiger charge is 2.52. The third-order valence-corrected chi connectivity index (χ3v) is 13.0. The maximum Gasteiger partial charge on any atom is 0.303 e. The lowest BCUT2D eigenvalue weighted by Gasteiger charge is -2.51. The molecule has 0 amide bonds. The number of aliphatic hydroxyl groups excluding tert-OH is 1. The topological polar surface area (TPSA) is 120 Å². The zero-order valence-electron chi connectivity index (χ0n) is 33.4. The summed E-state index contributed by atoms with van der Waals surface area (Å²) in [6.07, 6.45) is -6.86. The van der Waals surface area contributed by atoms with Crippen molar-refractivity contribution in [3.8, 4) is 0 Å². The second kappa shape index (κ2) is 17.9. The van der Waals surface area contributed by atoms with Gasteiger partial charge in [0.15, 0.2) is 25.0 Å². The molecule has 0 bridgehead atoms. The molecule has 0 aromatic heterocycles. The van der Waals surface area contributed by atoms with E-state index in [0.29, 0.717) is 19.1 Å². The van der Waals surface area contributed by atoms with E-state index in [2.05, 4.69) is 46.8 Å². The van der Waals surface area contributed by atoms with E-state index in [9.17, 15) is 9.90 Å². The molecule has 4 aliphatic rings. The van der Waals surface area contributed by atoms with Crippen LogP contribution in [-0.4, -0.2) is 97.6 Å². The zero-order chi connectivity index (χ0) is 38.0. The van der Waals surface area contributed by atoms with Crippen molar-refractivity contribution in [1.29, 1.82) is 0 Å². The lowest BCUT2D eigenvalue weighted by atomic mass is 9.79. The Kier molecular flexibility index (Phi) is 14.2. The molecule has 52 heavy (non-hydrogen) atoms. The van der Waals surface area contributed by atoms with Gasteiger partial charge >= 0.3 is 5.97 Å². The molecule has 20 atom stereocenters. The van der Waals surface area contributed by atoms with Gasteiger partial charge in [-0.15, -0.1) is 0 Å². The smallest absolute Gasteiger partial charge is 0.303 e. The highest BCUT2D eigenvalue weighted by Crippen LogP contribution is 2.42. The molecule has 0 radical (unpaired) electrons. The number of esters is 1. The number of hydrogen-bond donors (Lipinski definition) is 1. The van der Waals surface area contributed by atoms with Gasteiger partial charge in [-0.1, -0.05) is 78.8 Å². The van der Waals surface area contributed by atoms with E-state index in [1.54, 1.807) is 0 Å². The van der Waals surface area contributed by atoms with Crippen molar-refractivity contribution in [2.24, 2.45) is 41.4 Å². The molecule has 0 saturated carbocycles. The first-order valence-electron chi connectivity index (χ1n) is 19.6. The molecule has 8 unspecified atom stereocenters. The molecule has 0 spiro atoms. The standard InChI is InChI=1S/C41H66O11/c1-20-22(3)33(19-44-18-32-16-14-13-15-17-32)49-39(24(20)5)50-35-25(6)29(10)46-40(34(35)43)52-37-23(4)21(2)27(8)47-41(37)51-36-26(7)28(9)45-30(11)38(36)48-31(12)42/h13-17,20-30,33-41,43H,18-19H2,1-12H3/t20?,21-,22+,23+,24?,25+,26+,27?,28?,29?,30+,33+,34?,35+,36+,37?,38?,39-,40+,41+/m1/s1. The van der Waals surface area contributed by atoms with E-state index in [-0.39, 0.29) is 66.0 Å². The summed E-state index contributed by atoms with van der Waals surface area (Å²) < 4.78 is 57.8. The number of carbonyl (C=O) groups is 1. The van der Waals surface area contributed by atoms with Crippen molar-refractivity contribution in [3.63, 3.8) is 0 Å². The van der Waals surface area contributed by atoms with E-state index in [1.807, 2.05) is 59.7 Å². The average Bonchev–Trinajstić information content (AvgIpc) is 3.10. The fourth-order valence-corrected chi connectivity index (χ4v) is 8.24. The predicted octanol–water partition coefficient (Wildman–Crippen LogP) is 6.13. The summed E-state index contributed by atoms with van der Waals surface area (Å²) in [5, 5.41) is 12.0. The zero-order valence-corrected chi connectivity index (χ0v) is 33.4. The summed E-state index contributed by atoms with van der Waals surface area (Å²) >= 11 is 0. The number of hydrogen-bond acceptors (Lipinski definition) is 11. The molecular weight excluding hydrogens is 668 g/mol. The Hall–Kier alpha value is -1.67. The molecule has 1 aromatic carbocycles. The summed E-state index contributed by atoms with van der Waals surface area (Å²) in [6, 6.07) is 10.1. The summed E-state index contributed by atoms with van der Waals surface area (Å²) in [4.78, 5) is 12.1. The number of benzene rings is 1. The summed E-state index contributed by atoms with van der Waals surface area (Å²) in [6.45, 7) is 25.1. The first-order valence-corrected chi connectivity index (χ1v) is 19.6. The lowest BCUT2D eigenvalue weighted by Crippen LogP contribution is -2.62. The van der Waals surface area contributed by atoms with Gasteiger partial charge in [-0.05, 0) is 56.9 Å². The second-order valence-electron chi connectivity index (χ2n) is 16.4. The highest BCUT2D eigenvalue weighted by atomic mass is 16.8. The maximum absolute atomic E-state index is 12.1. The molecule has 11 heteroatoms. The average molecular weight is 735 g/mol. The quantitative estimate of drug-likeness (QED) is 0.265. The van der Waals surface area contributed by atoms with Gasteiger partial charge in [-0.25, -0.2) is 0 Å². The minimum absolute atomic E-state index is 0.0172. The molecule has 1 aromatic rings. The normalized spacial score (nSPS) is 47.2. The summed E-state index contributed by atoms with van der Waals surface area (Å²) in [7, 11) is 0. The van der Waals surface area contributed by atoms with Crippen LogP contribution >= 0.6 is 0 Å². The molecule has 4 saturated heterocycles. The van der Waals surface area contributed by atoms with Crippen molar-refractivity contribution >= 4 is 5.97 Å². The molecule has 296 valence electrons. The molecule has 4 fully saturated rings. The fourth-order valence-electron chi connectivity index (χ4n) is 8.24. The van der Waals surface area contributed by atoms with Crippen molar-refractivity contribution in [3.05, 3.63) is 35.9 Å². The number of rotatable bonds is 11. The van der Waals surface area contributed by atoms with Crippen molar-refractivity contribution in [2.75, 3.05) is 6.61 Å². The van der Waals surface area contributed by atoms with Crippen LogP contribution in [-0.2, 0) is 54.0 Å². The Bertz CT molecular complexity index is 1270. The van der Waals surface area contributed by atoms with Crippen LogP contribution in [0.2, 0.25) is 0 Å². The largest absolute Gasteiger partial charge is 0.457 e. The van der Waals surface area contributed by atoms with Crippen LogP contribution in [0.15, 0.2) is 30.3 Å². The van der Waals surface area contributed by atoms with Crippen LogP contribution < -0.4 is 0 Å². The van der Waals surface area contributed by atoms with E-state index >= 15 is 0 Å². The third-order valence-electron chi connectivity index (χ3n) is 13.0. The van der Waals surface area contributed by atoms with Gasteiger partial charge in [-0.2, -0.15) is 0 Å². The minimum Gasteiger partial charge on any atom is -0.457 e. The Balaban J connectivity index is 1.31. The molecule has 5 rings (SSSR count). The Morgan fingerprint density at radius 2 is 1.15 bits per heavy atom. The Morgan fingerprint density at radius 3 is 1.83 bits per heavy atom. The highest BCUT2D eigenvalue weighted by molar-refractivity contribution is 5.66. The monoisotopic (exact) mass is 734 g/mol. The van der Waals surface area contributed by atoms with Gasteiger partial charge in [0.05, 0.1) is 49.8 Å². The van der Waals surface area contributed by atoms with Gasteiger partial charge in [-0.3, -0.25) is 4.79 Å². The summed E-state index contributed by atoms with van der Waals surface area (Å²) in [5.74, 6) is 0.117.